The Morgan fingerprint density at radius 3 is 2.62 bits per heavy atom. The highest BCUT2D eigenvalue weighted by atomic mass is 32.1. The van der Waals surface area contributed by atoms with E-state index in [0.717, 1.165) is 6.54 Å². The van der Waals surface area contributed by atoms with E-state index in [1.807, 2.05) is 11.3 Å². The second-order valence-corrected chi connectivity index (χ2v) is 5.34. The minimum atomic E-state index is 0.262. The van der Waals surface area contributed by atoms with Gasteiger partial charge in [0, 0.05) is 22.9 Å². The molecular formula is C11H19NS. The van der Waals surface area contributed by atoms with Crippen molar-refractivity contribution < 1.29 is 0 Å². The topological polar surface area (TPSA) is 12.0 Å². The zero-order valence-corrected chi connectivity index (χ0v) is 9.74. The maximum absolute atomic E-state index is 3.48. The third kappa shape index (κ3) is 3.12. The molecule has 1 aromatic rings. The molecule has 0 fully saturated rings. The molecule has 0 aliphatic rings. The van der Waals surface area contributed by atoms with E-state index < -0.39 is 0 Å². The molecule has 1 N–H and O–H groups in total. The van der Waals surface area contributed by atoms with Gasteiger partial charge < -0.3 is 5.32 Å². The molecule has 0 saturated carbocycles. The molecule has 0 spiro atoms. The molecule has 0 aliphatic heterocycles. The van der Waals surface area contributed by atoms with Gasteiger partial charge in [-0.1, -0.05) is 33.8 Å². The Morgan fingerprint density at radius 2 is 2.15 bits per heavy atom. The quantitative estimate of drug-likeness (QED) is 0.782. The highest BCUT2D eigenvalue weighted by Crippen LogP contribution is 2.26. The van der Waals surface area contributed by atoms with Crippen molar-refractivity contribution in [3.8, 4) is 0 Å². The molecule has 1 rings (SSSR count). The minimum Gasteiger partial charge on any atom is -0.314 e. The summed E-state index contributed by atoms with van der Waals surface area (Å²) in [5.41, 5.74) is 0.262. The van der Waals surface area contributed by atoms with Crippen molar-refractivity contribution in [2.45, 2.75) is 39.2 Å². The Hall–Kier alpha value is -0.340. The monoisotopic (exact) mass is 197 g/mol. The zero-order chi connectivity index (χ0) is 9.90. The SMILES string of the molecule is CC(C)NCC(C)(C)c1cccs1. The van der Waals surface area contributed by atoms with Gasteiger partial charge in [-0.05, 0) is 11.4 Å². The van der Waals surface area contributed by atoms with Crippen LogP contribution in [0.4, 0.5) is 0 Å². The molecule has 1 heterocycles. The number of nitrogens with one attached hydrogen (secondary N) is 1. The third-order valence-corrected chi connectivity index (χ3v) is 3.38. The highest BCUT2D eigenvalue weighted by molar-refractivity contribution is 7.10. The average Bonchev–Trinajstić information content (AvgIpc) is 2.53. The van der Waals surface area contributed by atoms with Gasteiger partial charge in [0.1, 0.15) is 0 Å². The van der Waals surface area contributed by atoms with Crippen LogP contribution in [-0.2, 0) is 5.41 Å². The first kappa shape index (κ1) is 10.7. The fraction of sp³-hybridized carbons (Fsp3) is 0.636. The van der Waals surface area contributed by atoms with Gasteiger partial charge in [-0.15, -0.1) is 11.3 Å². The van der Waals surface area contributed by atoms with Gasteiger partial charge in [0.05, 0.1) is 0 Å². The standard InChI is InChI=1S/C11H19NS/c1-9(2)12-8-11(3,4)10-6-5-7-13-10/h5-7,9,12H,8H2,1-4H3. The van der Waals surface area contributed by atoms with Crippen LogP contribution < -0.4 is 5.32 Å². The Morgan fingerprint density at radius 1 is 1.46 bits per heavy atom. The Bertz CT molecular complexity index is 237. The molecule has 0 aliphatic carbocycles. The van der Waals surface area contributed by atoms with E-state index >= 15 is 0 Å². The van der Waals surface area contributed by atoms with Crippen molar-refractivity contribution in [1.82, 2.24) is 5.32 Å². The Balaban J connectivity index is 2.56. The molecule has 74 valence electrons. The summed E-state index contributed by atoms with van der Waals surface area (Å²) < 4.78 is 0. The van der Waals surface area contributed by atoms with Crippen LogP contribution in [0.1, 0.15) is 32.6 Å². The van der Waals surface area contributed by atoms with E-state index in [1.165, 1.54) is 4.88 Å². The molecule has 0 bridgehead atoms. The first-order valence-electron chi connectivity index (χ1n) is 4.80. The predicted octanol–water partition coefficient (Wildman–Crippen LogP) is 3.02. The van der Waals surface area contributed by atoms with Crippen LogP contribution in [0.5, 0.6) is 0 Å². The smallest absolute Gasteiger partial charge is 0.0115 e. The first-order valence-corrected chi connectivity index (χ1v) is 5.68. The summed E-state index contributed by atoms with van der Waals surface area (Å²) >= 11 is 1.84. The van der Waals surface area contributed by atoms with Crippen molar-refractivity contribution in [1.29, 1.82) is 0 Å². The van der Waals surface area contributed by atoms with E-state index in [1.54, 1.807) is 0 Å². The lowest BCUT2D eigenvalue weighted by molar-refractivity contribution is 0.448. The summed E-state index contributed by atoms with van der Waals surface area (Å²) in [5, 5.41) is 5.63. The van der Waals surface area contributed by atoms with Gasteiger partial charge >= 0.3 is 0 Å². The lowest BCUT2D eigenvalue weighted by atomic mass is 9.91. The number of rotatable bonds is 4. The van der Waals surface area contributed by atoms with Crippen molar-refractivity contribution in [3.63, 3.8) is 0 Å². The molecule has 0 amide bonds. The van der Waals surface area contributed by atoms with Gasteiger partial charge in [0.2, 0.25) is 0 Å². The lowest BCUT2D eigenvalue weighted by Gasteiger charge is -2.25. The molecule has 13 heavy (non-hydrogen) atoms. The van der Waals surface area contributed by atoms with Crippen molar-refractivity contribution in [2.75, 3.05) is 6.54 Å². The molecule has 0 saturated heterocycles. The van der Waals surface area contributed by atoms with Crippen LogP contribution in [-0.4, -0.2) is 12.6 Å². The Kier molecular flexibility index (Phi) is 3.51. The van der Waals surface area contributed by atoms with Gasteiger partial charge in [-0.2, -0.15) is 0 Å². The van der Waals surface area contributed by atoms with Crippen LogP contribution >= 0.6 is 11.3 Å². The van der Waals surface area contributed by atoms with Crippen LogP contribution in [0.2, 0.25) is 0 Å². The minimum absolute atomic E-state index is 0.262. The third-order valence-electron chi connectivity index (χ3n) is 2.14. The second-order valence-electron chi connectivity index (χ2n) is 4.40. The second kappa shape index (κ2) is 4.25. The predicted molar refractivity (Wildman–Crippen MR) is 60.5 cm³/mol. The molecule has 2 heteroatoms. The molecule has 1 aromatic heterocycles. The normalized spacial score (nSPS) is 12.4. The summed E-state index contributed by atoms with van der Waals surface area (Å²) in [6.07, 6.45) is 0. The molecule has 0 unspecified atom stereocenters. The lowest BCUT2D eigenvalue weighted by Crippen LogP contribution is -2.36. The van der Waals surface area contributed by atoms with E-state index in [0.29, 0.717) is 6.04 Å². The maximum atomic E-state index is 3.48. The van der Waals surface area contributed by atoms with Crippen LogP contribution in [0.15, 0.2) is 17.5 Å². The van der Waals surface area contributed by atoms with E-state index in [2.05, 4.69) is 50.5 Å². The van der Waals surface area contributed by atoms with E-state index in [9.17, 15) is 0 Å². The molecular weight excluding hydrogens is 178 g/mol. The Labute approximate surface area is 85.2 Å². The molecule has 0 atom stereocenters. The van der Waals surface area contributed by atoms with Crippen LogP contribution in [0, 0.1) is 0 Å². The number of thiophene rings is 1. The number of hydrogen-bond donors (Lipinski definition) is 1. The summed E-state index contributed by atoms with van der Waals surface area (Å²) in [6.45, 7) is 9.99. The average molecular weight is 197 g/mol. The van der Waals surface area contributed by atoms with E-state index in [-0.39, 0.29) is 5.41 Å². The van der Waals surface area contributed by atoms with Gasteiger partial charge in [-0.25, -0.2) is 0 Å². The summed E-state index contributed by atoms with van der Waals surface area (Å²) in [4.78, 5) is 1.46. The maximum Gasteiger partial charge on any atom is 0.0115 e. The fourth-order valence-corrected chi connectivity index (χ4v) is 2.06. The summed E-state index contributed by atoms with van der Waals surface area (Å²) in [5.74, 6) is 0. The van der Waals surface area contributed by atoms with Crippen molar-refractivity contribution in [2.24, 2.45) is 0 Å². The molecule has 0 aromatic carbocycles. The van der Waals surface area contributed by atoms with E-state index in [4.69, 9.17) is 0 Å². The summed E-state index contributed by atoms with van der Waals surface area (Å²) in [7, 11) is 0. The molecule has 0 radical (unpaired) electrons. The largest absolute Gasteiger partial charge is 0.314 e. The molecule has 1 nitrogen and oxygen atoms in total. The van der Waals surface area contributed by atoms with Crippen molar-refractivity contribution in [3.05, 3.63) is 22.4 Å². The van der Waals surface area contributed by atoms with Crippen LogP contribution in [0.25, 0.3) is 0 Å². The van der Waals surface area contributed by atoms with Gasteiger partial charge in [-0.3, -0.25) is 0 Å². The van der Waals surface area contributed by atoms with Gasteiger partial charge in [0.15, 0.2) is 0 Å². The van der Waals surface area contributed by atoms with Crippen LogP contribution in [0.3, 0.4) is 0 Å². The zero-order valence-electron chi connectivity index (χ0n) is 8.92. The van der Waals surface area contributed by atoms with Gasteiger partial charge in [0.25, 0.3) is 0 Å². The number of hydrogen-bond acceptors (Lipinski definition) is 2. The summed E-state index contributed by atoms with van der Waals surface area (Å²) in [6, 6.07) is 4.91. The fourth-order valence-electron chi connectivity index (χ4n) is 1.21. The van der Waals surface area contributed by atoms with Crippen molar-refractivity contribution >= 4 is 11.3 Å². The first-order chi connectivity index (χ1) is 6.02. The highest BCUT2D eigenvalue weighted by Gasteiger charge is 2.21.